The number of halogens is 1. The second-order valence-corrected chi connectivity index (χ2v) is 8.55. The maximum absolute atomic E-state index is 14.3. The SMILES string of the molecule is O=C(Nc1ccc(F)c(S(=O)(=O)N2CCOCC2)c1)c1cccc2ccccc12. The van der Waals surface area contributed by atoms with Crippen LogP contribution in [0.1, 0.15) is 10.4 Å². The molecule has 1 amide bonds. The summed E-state index contributed by atoms with van der Waals surface area (Å²) in [6.45, 7) is 0.847. The highest BCUT2D eigenvalue weighted by Crippen LogP contribution is 2.25. The van der Waals surface area contributed by atoms with E-state index in [-0.39, 0.29) is 32.0 Å². The minimum atomic E-state index is -4.02. The summed E-state index contributed by atoms with van der Waals surface area (Å²) in [6.07, 6.45) is 0. The van der Waals surface area contributed by atoms with E-state index in [0.29, 0.717) is 5.56 Å². The molecule has 1 saturated heterocycles. The smallest absolute Gasteiger partial charge is 0.256 e. The molecule has 6 nitrogen and oxygen atoms in total. The van der Waals surface area contributed by atoms with Crippen LogP contribution in [0.4, 0.5) is 10.1 Å². The van der Waals surface area contributed by atoms with Crippen LogP contribution in [0, 0.1) is 5.82 Å². The Morgan fingerprint density at radius 1 is 1.00 bits per heavy atom. The fourth-order valence-corrected chi connectivity index (χ4v) is 4.83. The summed E-state index contributed by atoms with van der Waals surface area (Å²) in [7, 11) is -4.02. The van der Waals surface area contributed by atoms with Crippen molar-refractivity contribution in [1.82, 2.24) is 4.31 Å². The zero-order chi connectivity index (χ0) is 20.4. The fourth-order valence-electron chi connectivity index (χ4n) is 3.33. The maximum Gasteiger partial charge on any atom is 0.256 e. The molecular formula is C21H19FN2O4S. The van der Waals surface area contributed by atoms with Gasteiger partial charge in [-0.3, -0.25) is 4.79 Å². The predicted molar refractivity (Wildman–Crippen MR) is 108 cm³/mol. The maximum atomic E-state index is 14.3. The average Bonchev–Trinajstić information content (AvgIpc) is 2.75. The molecule has 1 N–H and O–H groups in total. The van der Waals surface area contributed by atoms with Crippen molar-refractivity contribution >= 4 is 32.4 Å². The van der Waals surface area contributed by atoms with E-state index in [1.54, 1.807) is 12.1 Å². The number of nitrogens with one attached hydrogen (secondary N) is 1. The molecule has 1 heterocycles. The van der Waals surface area contributed by atoms with Gasteiger partial charge in [0.2, 0.25) is 10.0 Å². The molecule has 8 heteroatoms. The van der Waals surface area contributed by atoms with Gasteiger partial charge in [-0.2, -0.15) is 4.31 Å². The number of fused-ring (bicyclic) bond motifs is 1. The largest absolute Gasteiger partial charge is 0.379 e. The lowest BCUT2D eigenvalue weighted by molar-refractivity contribution is 0.0729. The summed E-state index contributed by atoms with van der Waals surface area (Å²) in [4.78, 5) is 12.3. The molecule has 0 atom stereocenters. The third-order valence-corrected chi connectivity index (χ3v) is 6.72. The minimum Gasteiger partial charge on any atom is -0.379 e. The molecule has 0 saturated carbocycles. The van der Waals surface area contributed by atoms with Crippen LogP contribution in [0.15, 0.2) is 65.6 Å². The number of ether oxygens (including phenoxy) is 1. The molecule has 0 aromatic heterocycles. The first-order valence-electron chi connectivity index (χ1n) is 9.13. The van der Waals surface area contributed by atoms with Crippen molar-refractivity contribution in [2.24, 2.45) is 0 Å². The number of sulfonamides is 1. The number of amides is 1. The number of anilines is 1. The van der Waals surface area contributed by atoms with Gasteiger partial charge in [-0.05, 0) is 35.0 Å². The van der Waals surface area contributed by atoms with Crippen LogP contribution in [0.3, 0.4) is 0 Å². The van der Waals surface area contributed by atoms with Crippen LogP contribution in [-0.4, -0.2) is 44.9 Å². The first-order valence-corrected chi connectivity index (χ1v) is 10.6. The molecule has 4 rings (SSSR count). The van der Waals surface area contributed by atoms with E-state index in [1.165, 1.54) is 10.4 Å². The van der Waals surface area contributed by atoms with E-state index in [9.17, 15) is 17.6 Å². The van der Waals surface area contributed by atoms with Crippen LogP contribution in [0.2, 0.25) is 0 Å². The summed E-state index contributed by atoms with van der Waals surface area (Å²) in [6, 6.07) is 16.4. The molecule has 1 fully saturated rings. The van der Waals surface area contributed by atoms with Crippen LogP contribution < -0.4 is 5.32 Å². The van der Waals surface area contributed by atoms with Crippen LogP contribution in [0.5, 0.6) is 0 Å². The second kappa shape index (κ2) is 7.90. The van der Waals surface area contributed by atoms with Crippen molar-refractivity contribution in [3.8, 4) is 0 Å². The van der Waals surface area contributed by atoms with Crippen molar-refractivity contribution in [2.75, 3.05) is 31.6 Å². The average molecular weight is 414 g/mol. The second-order valence-electron chi connectivity index (χ2n) is 6.64. The van der Waals surface area contributed by atoms with E-state index in [2.05, 4.69) is 5.32 Å². The molecule has 150 valence electrons. The lowest BCUT2D eigenvalue weighted by atomic mass is 10.0. The molecular weight excluding hydrogens is 395 g/mol. The van der Waals surface area contributed by atoms with Gasteiger partial charge in [-0.15, -0.1) is 0 Å². The molecule has 0 bridgehead atoms. The van der Waals surface area contributed by atoms with E-state index < -0.39 is 26.6 Å². The van der Waals surface area contributed by atoms with Crippen molar-refractivity contribution in [3.05, 3.63) is 72.0 Å². The molecule has 29 heavy (non-hydrogen) atoms. The normalized spacial score (nSPS) is 15.3. The number of carbonyl (C=O) groups excluding carboxylic acids is 1. The lowest BCUT2D eigenvalue weighted by Crippen LogP contribution is -2.40. The standard InChI is InChI=1S/C21H19FN2O4S/c22-19-9-8-16(14-20(19)29(26,27)24-10-12-28-13-11-24)23-21(25)18-7-3-5-15-4-1-2-6-17(15)18/h1-9,14H,10-13H2,(H,23,25). The van der Waals surface area contributed by atoms with Gasteiger partial charge >= 0.3 is 0 Å². The summed E-state index contributed by atoms with van der Waals surface area (Å²) < 4.78 is 46.3. The molecule has 0 radical (unpaired) electrons. The zero-order valence-corrected chi connectivity index (χ0v) is 16.3. The number of rotatable bonds is 4. The zero-order valence-electron chi connectivity index (χ0n) is 15.5. The minimum absolute atomic E-state index is 0.161. The number of carbonyl (C=O) groups is 1. The van der Waals surface area contributed by atoms with Crippen LogP contribution >= 0.6 is 0 Å². The number of hydrogen-bond acceptors (Lipinski definition) is 4. The Kier molecular flexibility index (Phi) is 5.31. The van der Waals surface area contributed by atoms with Crippen molar-refractivity contribution < 1.29 is 22.3 Å². The van der Waals surface area contributed by atoms with Gasteiger partial charge in [0.25, 0.3) is 5.91 Å². The molecule has 0 spiro atoms. The summed E-state index contributed by atoms with van der Waals surface area (Å²) in [5.41, 5.74) is 0.654. The summed E-state index contributed by atoms with van der Waals surface area (Å²) in [5, 5.41) is 4.37. The highest BCUT2D eigenvalue weighted by molar-refractivity contribution is 7.89. The molecule has 1 aliphatic rings. The lowest BCUT2D eigenvalue weighted by Gasteiger charge is -2.26. The Morgan fingerprint density at radius 3 is 2.52 bits per heavy atom. The van der Waals surface area contributed by atoms with Gasteiger partial charge in [0.15, 0.2) is 0 Å². The summed E-state index contributed by atoms with van der Waals surface area (Å²) in [5.74, 6) is -1.26. The number of nitrogens with zero attached hydrogens (tertiary/aromatic N) is 1. The van der Waals surface area contributed by atoms with Crippen molar-refractivity contribution in [1.29, 1.82) is 0 Å². The Labute approximate surface area is 168 Å². The molecule has 0 unspecified atom stereocenters. The first kappa shape index (κ1) is 19.5. The van der Waals surface area contributed by atoms with E-state index in [0.717, 1.165) is 22.9 Å². The number of morpholine rings is 1. The molecule has 1 aliphatic heterocycles. The third kappa shape index (κ3) is 3.87. The van der Waals surface area contributed by atoms with Gasteiger partial charge < -0.3 is 10.1 Å². The molecule has 3 aromatic rings. The van der Waals surface area contributed by atoms with Gasteiger partial charge in [0.1, 0.15) is 10.7 Å². The highest BCUT2D eigenvalue weighted by atomic mass is 32.2. The Bertz CT molecular complexity index is 1170. The predicted octanol–water partition coefficient (Wildman–Crippen LogP) is 3.25. The van der Waals surface area contributed by atoms with E-state index >= 15 is 0 Å². The third-order valence-electron chi connectivity index (χ3n) is 4.81. The van der Waals surface area contributed by atoms with Crippen molar-refractivity contribution in [2.45, 2.75) is 4.90 Å². The van der Waals surface area contributed by atoms with Gasteiger partial charge in [-0.1, -0.05) is 36.4 Å². The Morgan fingerprint density at radius 2 is 1.72 bits per heavy atom. The Hall–Kier alpha value is -2.81. The monoisotopic (exact) mass is 414 g/mol. The molecule has 0 aliphatic carbocycles. The van der Waals surface area contributed by atoms with Gasteiger partial charge in [-0.25, -0.2) is 12.8 Å². The van der Waals surface area contributed by atoms with E-state index in [1.807, 2.05) is 30.3 Å². The van der Waals surface area contributed by atoms with Crippen LogP contribution in [0.25, 0.3) is 10.8 Å². The van der Waals surface area contributed by atoms with Gasteiger partial charge in [0, 0.05) is 24.3 Å². The fraction of sp³-hybridized carbons (Fsp3) is 0.190. The number of hydrogen-bond donors (Lipinski definition) is 1. The topological polar surface area (TPSA) is 75.7 Å². The highest BCUT2D eigenvalue weighted by Gasteiger charge is 2.29. The Balaban J connectivity index is 1.64. The van der Waals surface area contributed by atoms with E-state index in [4.69, 9.17) is 4.74 Å². The summed E-state index contributed by atoms with van der Waals surface area (Å²) >= 11 is 0. The van der Waals surface area contributed by atoms with Gasteiger partial charge in [0.05, 0.1) is 13.2 Å². The van der Waals surface area contributed by atoms with Crippen molar-refractivity contribution in [3.63, 3.8) is 0 Å². The quantitative estimate of drug-likeness (QED) is 0.711. The molecule has 3 aromatic carbocycles. The van der Waals surface area contributed by atoms with Crippen LogP contribution in [-0.2, 0) is 14.8 Å². The first-order chi connectivity index (χ1) is 14.0. The number of benzene rings is 3.